The van der Waals surface area contributed by atoms with Crippen LogP contribution in [0.15, 0.2) is 46.8 Å². The van der Waals surface area contributed by atoms with E-state index in [0.29, 0.717) is 10.2 Å². The number of rotatable bonds is 7. The Morgan fingerprint density at radius 3 is 2.67 bits per heavy atom. The van der Waals surface area contributed by atoms with E-state index >= 15 is 0 Å². The van der Waals surface area contributed by atoms with Gasteiger partial charge in [0.2, 0.25) is 11.0 Å². The largest absolute Gasteiger partial charge is 0.330 e. The van der Waals surface area contributed by atoms with Gasteiger partial charge in [-0.15, -0.1) is 10.2 Å². The third kappa shape index (κ3) is 5.69. The molecule has 0 saturated heterocycles. The van der Waals surface area contributed by atoms with Crippen molar-refractivity contribution in [2.24, 2.45) is 0 Å². The molecular formula is C19H19ClN4OS2. The Hall–Kier alpha value is -2.09. The second-order valence-electron chi connectivity index (χ2n) is 5.84. The Morgan fingerprint density at radius 1 is 1.19 bits per heavy atom. The molecule has 0 aliphatic carbocycles. The number of carbonyl (C=O) groups excluding carboxylic acids is 1. The Kier molecular flexibility index (Phi) is 6.71. The summed E-state index contributed by atoms with van der Waals surface area (Å²) in [6.45, 7) is 4.03. The Labute approximate surface area is 171 Å². The maximum absolute atomic E-state index is 12.2. The number of halogens is 1. The van der Waals surface area contributed by atoms with Crippen LogP contribution in [0.4, 0.5) is 16.5 Å². The lowest BCUT2D eigenvalue weighted by Gasteiger charge is -2.07. The molecule has 3 aromatic rings. The molecule has 0 aliphatic rings. The van der Waals surface area contributed by atoms with Gasteiger partial charge in [-0.1, -0.05) is 53.8 Å². The van der Waals surface area contributed by atoms with Crippen molar-refractivity contribution in [2.75, 3.05) is 16.4 Å². The Morgan fingerprint density at radius 2 is 1.96 bits per heavy atom. The van der Waals surface area contributed by atoms with E-state index in [1.165, 1.54) is 28.7 Å². The van der Waals surface area contributed by atoms with Crippen molar-refractivity contribution in [1.29, 1.82) is 0 Å². The van der Waals surface area contributed by atoms with E-state index in [0.717, 1.165) is 27.7 Å². The highest BCUT2D eigenvalue weighted by atomic mass is 35.5. The van der Waals surface area contributed by atoms with Crippen LogP contribution in [0.25, 0.3) is 0 Å². The lowest BCUT2D eigenvalue weighted by Crippen LogP contribution is -2.14. The second-order valence-corrected chi connectivity index (χ2v) is 8.48. The topological polar surface area (TPSA) is 66.9 Å². The predicted molar refractivity (Wildman–Crippen MR) is 115 cm³/mol. The average molecular weight is 419 g/mol. The molecule has 0 atom stereocenters. The zero-order valence-electron chi connectivity index (χ0n) is 15.0. The fourth-order valence-corrected chi connectivity index (χ4v) is 4.15. The summed E-state index contributed by atoms with van der Waals surface area (Å²) in [6.07, 6.45) is 1.01. The number of benzene rings is 2. The molecule has 2 N–H and O–H groups in total. The monoisotopic (exact) mass is 418 g/mol. The number of aromatic nitrogens is 2. The average Bonchev–Trinajstić information content (AvgIpc) is 3.10. The van der Waals surface area contributed by atoms with Gasteiger partial charge in [0.05, 0.1) is 5.75 Å². The minimum Gasteiger partial charge on any atom is -0.330 e. The van der Waals surface area contributed by atoms with Gasteiger partial charge >= 0.3 is 0 Å². The standard InChI is InChI=1S/C19H19ClN4OS2/c1-3-13-4-7-15(8-5-13)21-18-23-24-19(27-18)26-11-17(25)22-16-9-6-14(20)10-12(16)2/h4-10H,3,11H2,1-2H3,(H,21,23)(H,22,25). The van der Waals surface area contributed by atoms with Crippen LogP contribution >= 0.6 is 34.7 Å². The van der Waals surface area contributed by atoms with Gasteiger partial charge in [0.15, 0.2) is 4.34 Å². The van der Waals surface area contributed by atoms with Crippen LogP contribution in [-0.2, 0) is 11.2 Å². The first-order valence-corrected chi connectivity index (χ1v) is 10.6. The van der Waals surface area contributed by atoms with Gasteiger partial charge in [0.25, 0.3) is 0 Å². The van der Waals surface area contributed by atoms with E-state index in [4.69, 9.17) is 11.6 Å². The van der Waals surface area contributed by atoms with Crippen molar-refractivity contribution in [3.05, 3.63) is 58.6 Å². The zero-order chi connectivity index (χ0) is 19.2. The second kappa shape index (κ2) is 9.21. The smallest absolute Gasteiger partial charge is 0.234 e. The highest BCUT2D eigenvalue weighted by Gasteiger charge is 2.10. The molecule has 0 unspecified atom stereocenters. The van der Waals surface area contributed by atoms with Crippen molar-refractivity contribution >= 4 is 57.1 Å². The van der Waals surface area contributed by atoms with Crippen LogP contribution in [0, 0.1) is 6.92 Å². The number of hydrogen-bond acceptors (Lipinski definition) is 6. The number of amides is 1. The maximum Gasteiger partial charge on any atom is 0.234 e. The van der Waals surface area contributed by atoms with Crippen LogP contribution in [0.1, 0.15) is 18.1 Å². The normalized spacial score (nSPS) is 10.6. The first-order chi connectivity index (χ1) is 13.0. The van der Waals surface area contributed by atoms with E-state index in [2.05, 4.69) is 39.9 Å². The maximum atomic E-state index is 12.2. The summed E-state index contributed by atoms with van der Waals surface area (Å²) in [6, 6.07) is 13.6. The molecule has 8 heteroatoms. The molecule has 140 valence electrons. The SMILES string of the molecule is CCc1ccc(Nc2nnc(SCC(=O)Nc3ccc(Cl)cc3C)s2)cc1. The van der Waals surface area contributed by atoms with Crippen LogP contribution in [-0.4, -0.2) is 21.9 Å². The van der Waals surface area contributed by atoms with Gasteiger partial charge in [0, 0.05) is 16.4 Å². The van der Waals surface area contributed by atoms with E-state index in [9.17, 15) is 4.79 Å². The van der Waals surface area contributed by atoms with Crippen molar-refractivity contribution in [3.63, 3.8) is 0 Å². The zero-order valence-corrected chi connectivity index (χ0v) is 17.3. The highest BCUT2D eigenvalue weighted by molar-refractivity contribution is 8.01. The quantitative estimate of drug-likeness (QED) is 0.493. The van der Waals surface area contributed by atoms with Crippen molar-refractivity contribution in [1.82, 2.24) is 10.2 Å². The lowest BCUT2D eigenvalue weighted by molar-refractivity contribution is -0.113. The summed E-state index contributed by atoms with van der Waals surface area (Å²) in [5.74, 6) is 0.173. The van der Waals surface area contributed by atoms with Crippen LogP contribution in [0.3, 0.4) is 0 Å². The molecule has 0 aliphatic heterocycles. The number of aryl methyl sites for hydroxylation is 2. The molecule has 0 spiro atoms. The fraction of sp³-hybridized carbons (Fsp3) is 0.211. The van der Waals surface area contributed by atoms with Gasteiger partial charge in [-0.2, -0.15) is 0 Å². The van der Waals surface area contributed by atoms with Crippen LogP contribution in [0.2, 0.25) is 5.02 Å². The molecule has 0 bridgehead atoms. The summed E-state index contributed by atoms with van der Waals surface area (Å²) in [7, 11) is 0. The van der Waals surface area contributed by atoms with Crippen molar-refractivity contribution < 1.29 is 4.79 Å². The molecule has 5 nitrogen and oxygen atoms in total. The minimum atomic E-state index is -0.0923. The Balaban J connectivity index is 1.52. The van der Waals surface area contributed by atoms with E-state index in [1.807, 2.05) is 25.1 Å². The van der Waals surface area contributed by atoms with E-state index < -0.39 is 0 Å². The number of nitrogens with one attached hydrogen (secondary N) is 2. The molecule has 3 rings (SSSR count). The highest BCUT2D eigenvalue weighted by Crippen LogP contribution is 2.28. The van der Waals surface area contributed by atoms with Gasteiger partial charge in [-0.05, 0) is 54.8 Å². The Bertz CT molecular complexity index is 928. The predicted octanol–water partition coefficient (Wildman–Crippen LogP) is 5.54. The summed E-state index contributed by atoms with van der Waals surface area (Å²) in [5, 5.41) is 15.7. The van der Waals surface area contributed by atoms with Gasteiger partial charge in [0.1, 0.15) is 0 Å². The van der Waals surface area contributed by atoms with Crippen LogP contribution < -0.4 is 10.6 Å². The number of thioether (sulfide) groups is 1. The molecular weight excluding hydrogens is 400 g/mol. The van der Waals surface area contributed by atoms with Crippen LogP contribution in [0.5, 0.6) is 0 Å². The summed E-state index contributed by atoms with van der Waals surface area (Å²) >= 11 is 8.72. The molecule has 1 aromatic heterocycles. The first kappa shape index (κ1) is 19.7. The third-order valence-electron chi connectivity index (χ3n) is 3.81. The number of carbonyl (C=O) groups is 1. The summed E-state index contributed by atoms with van der Waals surface area (Å²) < 4.78 is 0.741. The summed E-state index contributed by atoms with van der Waals surface area (Å²) in [5.41, 5.74) is 3.95. The number of hydrogen-bond donors (Lipinski definition) is 2. The lowest BCUT2D eigenvalue weighted by atomic mass is 10.1. The van der Waals surface area contributed by atoms with Gasteiger partial charge in [-0.25, -0.2) is 0 Å². The molecule has 1 heterocycles. The van der Waals surface area contributed by atoms with E-state index in [1.54, 1.807) is 12.1 Å². The van der Waals surface area contributed by atoms with Crippen molar-refractivity contribution in [2.45, 2.75) is 24.6 Å². The molecule has 0 saturated carbocycles. The number of nitrogens with zero attached hydrogens (tertiary/aromatic N) is 2. The molecule has 1 amide bonds. The third-order valence-corrected chi connectivity index (χ3v) is 6.02. The minimum absolute atomic E-state index is 0.0923. The molecule has 27 heavy (non-hydrogen) atoms. The van der Waals surface area contributed by atoms with Gasteiger partial charge < -0.3 is 10.6 Å². The number of anilines is 3. The first-order valence-electron chi connectivity index (χ1n) is 8.41. The molecule has 0 radical (unpaired) electrons. The molecule has 0 fully saturated rings. The van der Waals surface area contributed by atoms with Gasteiger partial charge in [-0.3, -0.25) is 4.79 Å². The van der Waals surface area contributed by atoms with Crippen molar-refractivity contribution in [3.8, 4) is 0 Å². The summed E-state index contributed by atoms with van der Waals surface area (Å²) in [4.78, 5) is 12.2. The fourth-order valence-electron chi connectivity index (χ4n) is 2.35. The van der Waals surface area contributed by atoms with E-state index in [-0.39, 0.29) is 11.7 Å². The molecule has 2 aromatic carbocycles.